The minimum absolute atomic E-state index is 0.0324. The van der Waals surface area contributed by atoms with Crippen molar-refractivity contribution in [3.05, 3.63) is 53.1 Å². The molecule has 1 atom stereocenters. The molecule has 1 unspecified atom stereocenters. The summed E-state index contributed by atoms with van der Waals surface area (Å²) >= 11 is 0. The van der Waals surface area contributed by atoms with Gasteiger partial charge in [-0.2, -0.15) is 0 Å². The summed E-state index contributed by atoms with van der Waals surface area (Å²) in [6.45, 7) is 2.09. The van der Waals surface area contributed by atoms with Crippen LogP contribution in [0.4, 0.5) is 0 Å². The van der Waals surface area contributed by atoms with Crippen LogP contribution in [0.2, 0.25) is 0 Å². The average Bonchev–Trinajstić information content (AvgIpc) is 2.62. The van der Waals surface area contributed by atoms with Gasteiger partial charge in [-0.15, -0.1) is 0 Å². The first-order chi connectivity index (χ1) is 8.20. The Bertz CT molecular complexity index is 589. The van der Waals surface area contributed by atoms with Gasteiger partial charge in [0.15, 0.2) is 0 Å². The number of hydrogen-bond donors (Lipinski definition) is 1. The molecule has 3 rings (SSSR count). The summed E-state index contributed by atoms with van der Waals surface area (Å²) in [6, 6.07) is 12.5. The maximum absolute atomic E-state index is 6.29. The van der Waals surface area contributed by atoms with Crippen molar-refractivity contribution < 1.29 is 4.74 Å². The van der Waals surface area contributed by atoms with E-state index >= 15 is 0 Å². The molecule has 2 N–H and O–H groups in total. The summed E-state index contributed by atoms with van der Waals surface area (Å²) in [4.78, 5) is 0. The number of nitrogens with two attached hydrogens (primary N) is 1. The zero-order chi connectivity index (χ0) is 12.0. The Labute approximate surface area is 101 Å². The smallest absolute Gasteiger partial charge is 0.119 e. The van der Waals surface area contributed by atoms with Crippen LogP contribution in [0.3, 0.4) is 0 Å². The maximum Gasteiger partial charge on any atom is 0.119 e. The standard InChI is InChI=1S/C15H15NO/c1-9-3-5-11-12-6-4-10(17-2)8-14(12)15(16)13(11)7-9/h3-8,15H,16H2,1-2H3. The summed E-state index contributed by atoms with van der Waals surface area (Å²) in [5.41, 5.74) is 12.4. The monoisotopic (exact) mass is 225 g/mol. The largest absolute Gasteiger partial charge is 0.497 e. The number of rotatable bonds is 1. The van der Waals surface area contributed by atoms with Crippen molar-refractivity contribution in [2.45, 2.75) is 13.0 Å². The van der Waals surface area contributed by atoms with E-state index in [0.717, 1.165) is 11.3 Å². The van der Waals surface area contributed by atoms with Gasteiger partial charge >= 0.3 is 0 Å². The first kappa shape index (κ1) is 10.4. The Balaban J connectivity index is 2.23. The molecule has 2 nitrogen and oxygen atoms in total. The first-order valence-electron chi connectivity index (χ1n) is 5.75. The van der Waals surface area contributed by atoms with E-state index in [9.17, 15) is 0 Å². The van der Waals surface area contributed by atoms with E-state index in [1.807, 2.05) is 12.1 Å². The number of benzene rings is 2. The third kappa shape index (κ3) is 1.45. The highest BCUT2D eigenvalue weighted by Crippen LogP contribution is 2.43. The molecule has 1 aliphatic rings. The average molecular weight is 225 g/mol. The molecule has 0 fully saturated rings. The molecule has 2 aromatic rings. The van der Waals surface area contributed by atoms with Gasteiger partial charge in [-0.05, 0) is 41.3 Å². The molecule has 2 heteroatoms. The van der Waals surface area contributed by atoms with Crippen molar-refractivity contribution in [1.29, 1.82) is 0 Å². The molecule has 86 valence electrons. The Morgan fingerprint density at radius 3 is 2.35 bits per heavy atom. The lowest BCUT2D eigenvalue weighted by molar-refractivity contribution is 0.414. The maximum atomic E-state index is 6.29. The third-order valence-electron chi connectivity index (χ3n) is 3.43. The van der Waals surface area contributed by atoms with Gasteiger partial charge in [0.05, 0.1) is 13.2 Å². The van der Waals surface area contributed by atoms with Gasteiger partial charge in [0.1, 0.15) is 5.75 Å². The summed E-state index contributed by atoms with van der Waals surface area (Å²) < 4.78 is 5.25. The van der Waals surface area contributed by atoms with Crippen LogP contribution < -0.4 is 10.5 Å². The number of methoxy groups -OCH3 is 1. The molecule has 0 saturated heterocycles. The molecule has 0 saturated carbocycles. The van der Waals surface area contributed by atoms with Crippen LogP contribution in [0, 0.1) is 6.92 Å². The highest BCUT2D eigenvalue weighted by Gasteiger charge is 2.26. The summed E-state index contributed by atoms with van der Waals surface area (Å²) in [5.74, 6) is 0.865. The molecular formula is C15H15NO. The van der Waals surface area contributed by atoms with E-state index in [-0.39, 0.29) is 6.04 Å². The van der Waals surface area contributed by atoms with Gasteiger partial charge in [-0.3, -0.25) is 0 Å². The van der Waals surface area contributed by atoms with Crippen molar-refractivity contribution in [3.8, 4) is 16.9 Å². The summed E-state index contributed by atoms with van der Waals surface area (Å²) in [7, 11) is 1.68. The fraction of sp³-hybridized carbons (Fsp3) is 0.200. The van der Waals surface area contributed by atoms with Crippen molar-refractivity contribution in [2.24, 2.45) is 5.73 Å². The highest BCUT2D eigenvalue weighted by molar-refractivity contribution is 5.79. The van der Waals surface area contributed by atoms with Gasteiger partial charge < -0.3 is 10.5 Å². The van der Waals surface area contributed by atoms with Gasteiger partial charge in [0, 0.05) is 0 Å². The third-order valence-corrected chi connectivity index (χ3v) is 3.43. The van der Waals surface area contributed by atoms with Gasteiger partial charge in [0.25, 0.3) is 0 Å². The zero-order valence-electron chi connectivity index (χ0n) is 10.0. The minimum Gasteiger partial charge on any atom is -0.497 e. The van der Waals surface area contributed by atoms with E-state index in [4.69, 9.17) is 10.5 Å². The number of fused-ring (bicyclic) bond motifs is 3. The van der Waals surface area contributed by atoms with Crippen LogP contribution in [0.5, 0.6) is 5.75 Å². The molecule has 0 aromatic heterocycles. The van der Waals surface area contributed by atoms with E-state index in [1.165, 1.54) is 22.3 Å². The predicted molar refractivity (Wildman–Crippen MR) is 69.2 cm³/mol. The number of hydrogen-bond acceptors (Lipinski definition) is 2. The molecule has 0 bridgehead atoms. The molecule has 0 amide bonds. The predicted octanol–water partition coefficient (Wildman–Crippen LogP) is 3.03. The minimum atomic E-state index is -0.0324. The fourth-order valence-corrected chi connectivity index (χ4v) is 2.52. The molecule has 0 aliphatic heterocycles. The normalized spacial score (nSPS) is 16.5. The number of ether oxygens (including phenoxy) is 1. The Morgan fingerprint density at radius 1 is 1.00 bits per heavy atom. The Hall–Kier alpha value is -1.80. The van der Waals surface area contributed by atoms with Crippen molar-refractivity contribution in [2.75, 3.05) is 7.11 Å². The number of aryl methyl sites for hydroxylation is 1. The topological polar surface area (TPSA) is 35.2 Å². The first-order valence-corrected chi connectivity index (χ1v) is 5.75. The second-order valence-electron chi connectivity index (χ2n) is 4.52. The molecular weight excluding hydrogens is 210 g/mol. The summed E-state index contributed by atoms with van der Waals surface area (Å²) in [5, 5.41) is 0. The second kappa shape index (κ2) is 3.60. The molecule has 17 heavy (non-hydrogen) atoms. The van der Waals surface area contributed by atoms with Gasteiger partial charge in [-0.1, -0.05) is 29.8 Å². The van der Waals surface area contributed by atoms with Gasteiger partial charge in [0.2, 0.25) is 0 Å². The quantitative estimate of drug-likeness (QED) is 0.809. The zero-order valence-corrected chi connectivity index (χ0v) is 10.0. The van der Waals surface area contributed by atoms with Crippen molar-refractivity contribution >= 4 is 0 Å². The van der Waals surface area contributed by atoms with Crippen LogP contribution in [0.1, 0.15) is 22.7 Å². The molecule has 2 aromatic carbocycles. The highest BCUT2D eigenvalue weighted by atomic mass is 16.5. The fourth-order valence-electron chi connectivity index (χ4n) is 2.52. The lowest BCUT2D eigenvalue weighted by atomic mass is 10.0. The van der Waals surface area contributed by atoms with E-state index in [1.54, 1.807) is 7.11 Å². The summed E-state index contributed by atoms with van der Waals surface area (Å²) in [6.07, 6.45) is 0. The molecule has 0 heterocycles. The lowest BCUT2D eigenvalue weighted by Gasteiger charge is -2.08. The van der Waals surface area contributed by atoms with Gasteiger partial charge in [-0.25, -0.2) is 0 Å². The van der Waals surface area contributed by atoms with Crippen LogP contribution in [-0.4, -0.2) is 7.11 Å². The van der Waals surface area contributed by atoms with E-state index in [0.29, 0.717) is 0 Å². The van der Waals surface area contributed by atoms with E-state index < -0.39 is 0 Å². The SMILES string of the molecule is COc1ccc2c(c1)C(N)c1cc(C)ccc1-2. The second-order valence-corrected chi connectivity index (χ2v) is 4.52. The van der Waals surface area contributed by atoms with Crippen molar-refractivity contribution in [1.82, 2.24) is 0 Å². The Kier molecular flexibility index (Phi) is 2.20. The molecule has 0 spiro atoms. The van der Waals surface area contributed by atoms with Crippen LogP contribution in [0.15, 0.2) is 36.4 Å². The lowest BCUT2D eigenvalue weighted by Crippen LogP contribution is -2.08. The molecule has 0 radical (unpaired) electrons. The van der Waals surface area contributed by atoms with Crippen LogP contribution in [-0.2, 0) is 0 Å². The van der Waals surface area contributed by atoms with E-state index in [2.05, 4.69) is 31.2 Å². The van der Waals surface area contributed by atoms with Crippen molar-refractivity contribution in [3.63, 3.8) is 0 Å². The molecule has 1 aliphatic carbocycles. The Morgan fingerprint density at radius 2 is 1.65 bits per heavy atom. The van der Waals surface area contributed by atoms with Crippen LogP contribution >= 0.6 is 0 Å². The van der Waals surface area contributed by atoms with Crippen LogP contribution in [0.25, 0.3) is 11.1 Å².